The summed E-state index contributed by atoms with van der Waals surface area (Å²) in [7, 11) is 0. The van der Waals surface area contributed by atoms with E-state index >= 15 is 0 Å². The van der Waals surface area contributed by atoms with Gasteiger partial charge in [-0.25, -0.2) is 14.5 Å². The van der Waals surface area contributed by atoms with Gasteiger partial charge in [0.15, 0.2) is 16.6 Å². The quantitative estimate of drug-likeness (QED) is 0.316. The molecule has 0 spiro atoms. The number of nitrogens with zero attached hydrogens (tertiary/aromatic N) is 4. The fourth-order valence-electron chi connectivity index (χ4n) is 4.17. The van der Waals surface area contributed by atoms with Crippen LogP contribution in [0.3, 0.4) is 0 Å². The number of carbonyl (C=O) groups excluding carboxylic acids is 3. The van der Waals surface area contributed by atoms with Crippen LogP contribution < -0.4 is 5.32 Å². The molecule has 1 N–H and O–H groups in total. The Morgan fingerprint density at radius 2 is 1.97 bits per heavy atom. The second-order valence-corrected chi connectivity index (χ2v) is 9.18. The minimum Gasteiger partial charge on any atom is -0.466 e. The Morgan fingerprint density at radius 1 is 1.21 bits per heavy atom. The average molecular weight is 490 g/mol. The smallest absolute Gasteiger partial charge is 0.313 e. The van der Waals surface area contributed by atoms with E-state index in [0.717, 1.165) is 11.3 Å². The zero-order chi connectivity index (χ0) is 23.9. The number of carbonyl (C=O) groups is 3. The number of esters is 1. The molecule has 0 saturated heterocycles. The van der Waals surface area contributed by atoms with Crippen molar-refractivity contribution in [2.75, 3.05) is 11.9 Å². The summed E-state index contributed by atoms with van der Waals surface area (Å²) in [5.74, 6) is -1.94. The lowest BCUT2D eigenvalue weighted by atomic mass is 9.88. The number of nitrogens with one attached hydrogen (secondary N) is 1. The van der Waals surface area contributed by atoms with Crippen LogP contribution in [0.5, 0.6) is 0 Å². The minimum absolute atomic E-state index is 0.0313. The first-order valence-corrected chi connectivity index (χ1v) is 11.1. The van der Waals surface area contributed by atoms with E-state index in [4.69, 9.17) is 27.9 Å². The average Bonchev–Trinajstić information content (AvgIpc) is 3.23. The summed E-state index contributed by atoms with van der Waals surface area (Å²) in [6.45, 7) is 5.90. The lowest BCUT2D eigenvalue weighted by Crippen LogP contribution is -2.22. The number of hydrogen-bond acceptors (Lipinski definition) is 7. The maximum absolute atomic E-state index is 13.2. The summed E-state index contributed by atoms with van der Waals surface area (Å²) in [5, 5.41) is 7.50. The maximum Gasteiger partial charge on any atom is 0.313 e. The molecule has 3 heterocycles. The minimum atomic E-state index is -0.651. The largest absolute Gasteiger partial charge is 0.466 e. The van der Waals surface area contributed by atoms with Crippen molar-refractivity contribution in [3.63, 3.8) is 0 Å². The Balaban J connectivity index is 1.55. The Hall–Kier alpha value is -3.04. The van der Waals surface area contributed by atoms with Gasteiger partial charge >= 0.3 is 5.97 Å². The number of pyridine rings is 1. The molecular formula is C22H21Cl2N5O4. The van der Waals surface area contributed by atoms with E-state index in [9.17, 15) is 14.4 Å². The molecule has 1 atom stereocenters. The topological polar surface area (TPSA) is 116 Å². The van der Waals surface area contributed by atoms with Gasteiger partial charge in [-0.15, -0.1) is 0 Å². The van der Waals surface area contributed by atoms with Crippen LogP contribution >= 0.6 is 23.2 Å². The Morgan fingerprint density at radius 3 is 2.67 bits per heavy atom. The van der Waals surface area contributed by atoms with E-state index in [1.165, 1.54) is 12.3 Å². The highest BCUT2D eigenvalue weighted by Gasteiger charge is 2.43. The molecule has 0 fully saturated rings. The predicted molar refractivity (Wildman–Crippen MR) is 122 cm³/mol. The Kier molecular flexibility index (Phi) is 6.11. The van der Waals surface area contributed by atoms with Crippen LogP contribution in [0, 0.1) is 0 Å². The van der Waals surface area contributed by atoms with E-state index in [1.807, 2.05) is 13.8 Å². The molecule has 4 rings (SSSR count). The first kappa shape index (κ1) is 23.1. The third kappa shape index (κ3) is 4.43. The van der Waals surface area contributed by atoms with Gasteiger partial charge in [-0.05, 0) is 19.4 Å². The van der Waals surface area contributed by atoms with E-state index in [1.54, 1.807) is 23.7 Å². The molecule has 1 aliphatic carbocycles. The van der Waals surface area contributed by atoms with Crippen LogP contribution in [0.4, 0.5) is 5.69 Å². The fourth-order valence-corrected chi connectivity index (χ4v) is 4.61. The lowest BCUT2D eigenvalue weighted by Gasteiger charge is -2.19. The molecule has 172 valence electrons. The van der Waals surface area contributed by atoms with Gasteiger partial charge in [0.25, 0.3) is 0 Å². The number of rotatable bonds is 6. The van der Waals surface area contributed by atoms with Gasteiger partial charge in [0, 0.05) is 23.2 Å². The molecule has 0 saturated carbocycles. The molecule has 3 aromatic heterocycles. The first-order chi connectivity index (χ1) is 15.6. The molecule has 1 aliphatic rings. The van der Waals surface area contributed by atoms with Crippen molar-refractivity contribution in [1.82, 2.24) is 19.6 Å². The molecule has 11 heteroatoms. The summed E-state index contributed by atoms with van der Waals surface area (Å²) in [6, 6.07) is 3.10. The van der Waals surface area contributed by atoms with E-state index in [-0.39, 0.29) is 28.6 Å². The molecule has 3 aromatic rings. The van der Waals surface area contributed by atoms with Crippen molar-refractivity contribution >= 4 is 52.2 Å². The third-order valence-electron chi connectivity index (χ3n) is 5.51. The number of aromatic nitrogens is 4. The van der Waals surface area contributed by atoms with Crippen molar-refractivity contribution in [1.29, 1.82) is 0 Å². The van der Waals surface area contributed by atoms with Gasteiger partial charge in [0.2, 0.25) is 5.91 Å². The molecule has 33 heavy (non-hydrogen) atoms. The summed E-state index contributed by atoms with van der Waals surface area (Å²) in [6.07, 6.45) is 3.10. The van der Waals surface area contributed by atoms with Crippen LogP contribution in [0.15, 0.2) is 24.5 Å². The third-order valence-corrected chi connectivity index (χ3v) is 5.99. The summed E-state index contributed by atoms with van der Waals surface area (Å²) in [4.78, 5) is 45.4. The predicted octanol–water partition coefficient (Wildman–Crippen LogP) is 3.97. The zero-order valence-corrected chi connectivity index (χ0v) is 19.7. The standard InChI is InChI=1S/C22H21Cl2N5O4/c1-4-33-18(31)6-15(30)19-14(23)5-11(9-26-19)27-21(32)12-8-22(2,3)20-13(12)10-25-17-7-16(24)28-29(17)20/h5,7,9-10,12H,4,6,8H2,1-3H3,(H,27,32). The van der Waals surface area contributed by atoms with Crippen molar-refractivity contribution in [2.45, 2.75) is 44.9 Å². The number of ether oxygens (including phenoxy) is 1. The molecule has 0 aliphatic heterocycles. The molecule has 1 unspecified atom stereocenters. The van der Waals surface area contributed by atoms with Crippen molar-refractivity contribution in [3.8, 4) is 0 Å². The SMILES string of the molecule is CCOC(=O)CC(=O)c1ncc(NC(=O)C2CC(C)(C)c3c2cnc2cc(Cl)nn32)cc1Cl. The molecule has 1 amide bonds. The highest BCUT2D eigenvalue weighted by Crippen LogP contribution is 2.46. The van der Waals surface area contributed by atoms with Crippen molar-refractivity contribution in [3.05, 3.63) is 51.7 Å². The van der Waals surface area contributed by atoms with Crippen LogP contribution in [0.25, 0.3) is 5.65 Å². The highest BCUT2D eigenvalue weighted by atomic mass is 35.5. The molecule has 9 nitrogen and oxygen atoms in total. The van der Waals surface area contributed by atoms with Crippen molar-refractivity contribution < 1.29 is 19.1 Å². The number of anilines is 1. The lowest BCUT2D eigenvalue weighted by molar-refractivity contribution is -0.142. The summed E-state index contributed by atoms with van der Waals surface area (Å²) >= 11 is 12.3. The van der Waals surface area contributed by atoms with E-state index in [0.29, 0.717) is 22.9 Å². The number of halogens is 2. The number of Topliss-reactive ketones (excluding diaryl/α,β-unsaturated/α-hetero) is 1. The van der Waals surface area contributed by atoms with Gasteiger partial charge in [-0.2, -0.15) is 5.10 Å². The maximum atomic E-state index is 13.2. The molecular weight excluding hydrogens is 469 g/mol. The first-order valence-electron chi connectivity index (χ1n) is 10.3. The molecule has 0 bridgehead atoms. The van der Waals surface area contributed by atoms with Crippen LogP contribution in [-0.2, 0) is 19.7 Å². The van der Waals surface area contributed by atoms with Crippen LogP contribution in [0.1, 0.15) is 61.3 Å². The van der Waals surface area contributed by atoms with Crippen molar-refractivity contribution in [2.24, 2.45) is 0 Å². The molecule has 0 aromatic carbocycles. The highest BCUT2D eigenvalue weighted by molar-refractivity contribution is 6.34. The van der Waals surface area contributed by atoms with Gasteiger partial charge in [-0.3, -0.25) is 14.4 Å². The number of hydrogen-bond donors (Lipinski definition) is 1. The van der Waals surface area contributed by atoms with Gasteiger partial charge in [-0.1, -0.05) is 37.0 Å². The normalized spacial score (nSPS) is 16.5. The molecule has 0 radical (unpaired) electrons. The number of ketones is 1. The van der Waals surface area contributed by atoms with E-state index in [2.05, 4.69) is 20.4 Å². The van der Waals surface area contributed by atoms with E-state index < -0.39 is 24.1 Å². The van der Waals surface area contributed by atoms with Crippen LogP contribution in [-0.4, -0.2) is 43.8 Å². The van der Waals surface area contributed by atoms with Crippen LogP contribution in [0.2, 0.25) is 10.2 Å². The Bertz CT molecular complexity index is 1290. The second-order valence-electron chi connectivity index (χ2n) is 8.39. The fraction of sp³-hybridized carbons (Fsp3) is 0.364. The van der Waals surface area contributed by atoms with Gasteiger partial charge in [0.1, 0.15) is 12.1 Å². The zero-order valence-electron chi connectivity index (χ0n) is 18.2. The Labute approximate surface area is 199 Å². The van der Waals surface area contributed by atoms with Gasteiger partial charge < -0.3 is 10.1 Å². The van der Waals surface area contributed by atoms with Gasteiger partial charge in [0.05, 0.1) is 35.1 Å². The number of amides is 1. The number of fused-ring (bicyclic) bond motifs is 3. The summed E-state index contributed by atoms with van der Waals surface area (Å²) in [5.41, 5.74) is 2.21. The summed E-state index contributed by atoms with van der Waals surface area (Å²) < 4.78 is 6.46. The second kappa shape index (κ2) is 8.72. The monoisotopic (exact) mass is 489 g/mol.